The number of rotatable bonds is 12. The third kappa shape index (κ3) is 8.03. The van der Waals surface area contributed by atoms with Crippen molar-refractivity contribution in [1.29, 1.82) is 0 Å². The van der Waals surface area contributed by atoms with Crippen LogP contribution in [-0.2, 0) is 14.3 Å². The van der Waals surface area contributed by atoms with Crippen molar-refractivity contribution in [2.45, 2.75) is 19.8 Å². The Morgan fingerprint density at radius 2 is 2.03 bits per heavy atom. The highest BCUT2D eigenvalue weighted by molar-refractivity contribution is 9.10. The maximum absolute atomic E-state index is 12.6. The Hall–Kier alpha value is -3.50. The van der Waals surface area contributed by atoms with Crippen LogP contribution >= 0.6 is 15.9 Å². The maximum Gasteiger partial charge on any atom is 0.320 e. The summed E-state index contributed by atoms with van der Waals surface area (Å²) in [4.78, 5) is 34.7. The Morgan fingerprint density at radius 1 is 1.19 bits per heavy atom. The first-order chi connectivity index (χ1) is 17.4. The molecule has 0 aliphatic carbocycles. The van der Waals surface area contributed by atoms with Gasteiger partial charge in [-0.1, -0.05) is 28.1 Å². The lowest BCUT2D eigenvalue weighted by Crippen LogP contribution is -2.28. The Bertz CT molecular complexity index is 1230. The van der Waals surface area contributed by atoms with E-state index in [1.807, 2.05) is 42.3 Å². The second-order valence-corrected chi connectivity index (χ2v) is 8.92. The number of hydrogen-bond donors (Lipinski definition) is 2. The molecule has 10 heteroatoms. The molecule has 0 aliphatic heterocycles. The molecule has 0 aliphatic rings. The first-order valence-electron chi connectivity index (χ1n) is 11.6. The van der Waals surface area contributed by atoms with Gasteiger partial charge in [0, 0.05) is 21.6 Å². The van der Waals surface area contributed by atoms with Gasteiger partial charge in [0.1, 0.15) is 17.9 Å². The fourth-order valence-corrected chi connectivity index (χ4v) is 3.90. The fourth-order valence-electron chi connectivity index (χ4n) is 3.50. The molecule has 36 heavy (non-hydrogen) atoms. The number of hydrogen-bond acceptors (Lipinski definition) is 8. The smallest absolute Gasteiger partial charge is 0.320 e. The number of methoxy groups -OCH3 is 1. The van der Waals surface area contributed by atoms with Crippen molar-refractivity contribution in [1.82, 2.24) is 14.9 Å². The minimum atomic E-state index is -0.272. The number of carbonyl (C=O) groups excluding carboxylic acids is 2. The second kappa shape index (κ2) is 13.6. The van der Waals surface area contributed by atoms with Crippen molar-refractivity contribution >= 4 is 55.9 Å². The largest absolute Gasteiger partial charge is 0.494 e. The highest BCUT2D eigenvalue weighted by Crippen LogP contribution is 2.33. The molecule has 0 unspecified atom stereocenters. The molecule has 0 fully saturated rings. The van der Waals surface area contributed by atoms with E-state index in [4.69, 9.17) is 9.47 Å². The summed E-state index contributed by atoms with van der Waals surface area (Å²) in [5.41, 5.74) is 2.06. The van der Waals surface area contributed by atoms with Crippen LogP contribution in [0.3, 0.4) is 0 Å². The van der Waals surface area contributed by atoms with E-state index in [0.29, 0.717) is 35.8 Å². The van der Waals surface area contributed by atoms with E-state index in [9.17, 15) is 9.59 Å². The van der Waals surface area contributed by atoms with Crippen molar-refractivity contribution in [3.63, 3.8) is 0 Å². The average molecular weight is 556 g/mol. The predicted molar refractivity (Wildman–Crippen MR) is 145 cm³/mol. The van der Waals surface area contributed by atoms with Crippen LogP contribution in [0.2, 0.25) is 0 Å². The lowest BCUT2D eigenvalue weighted by molar-refractivity contribution is -0.144. The van der Waals surface area contributed by atoms with Gasteiger partial charge in [-0.2, -0.15) is 0 Å². The van der Waals surface area contributed by atoms with Gasteiger partial charge < -0.3 is 20.1 Å². The second-order valence-electron chi connectivity index (χ2n) is 8.00. The van der Waals surface area contributed by atoms with Crippen LogP contribution in [0, 0.1) is 0 Å². The summed E-state index contributed by atoms with van der Waals surface area (Å²) in [5.74, 6) is 0.598. The van der Waals surface area contributed by atoms with Gasteiger partial charge >= 0.3 is 5.97 Å². The number of nitrogens with one attached hydrogen (secondary N) is 2. The molecule has 2 aromatic carbocycles. The molecule has 0 saturated heterocycles. The molecule has 1 aromatic heterocycles. The van der Waals surface area contributed by atoms with Gasteiger partial charge in [0.15, 0.2) is 0 Å². The third-order valence-corrected chi connectivity index (χ3v) is 5.68. The quantitative estimate of drug-likeness (QED) is 0.184. The Kier molecular flexibility index (Phi) is 10.2. The van der Waals surface area contributed by atoms with E-state index >= 15 is 0 Å². The first-order valence-corrected chi connectivity index (χ1v) is 12.4. The van der Waals surface area contributed by atoms with E-state index in [1.165, 1.54) is 12.4 Å². The Balaban J connectivity index is 1.64. The number of aromatic nitrogens is 2. The molecule has 0 atom stereocenters. The molecule has 1 heterocycles. The van der Waals surface area contributed by atoms with Gasteiger partial charge in [0.05, 0.1) is 31.5 Å². The van der Waals surface area contributed by atoms with Crippen LogP contribution in [0.25, 0.3) is 10.9 Å². The molecular formula is C26H30BrN5O4. The molecule has 190 valence electrons. The summed E-state index contributed by atoms with van der Waals surface area (Å²) in [6, 6.07) is 11.3. The highest BCUT2D eigenvalue weighted by Gasteiger charge is 2.12. The lowest BCUT2D eigenvalue weighted by atomic mass is 10.1. The topological polar surface area (TPSA) is 106 Å². The van der Waals surface area contributed by atoms with Crippen LogP contribution in [0.1, 0.15) is 19.8 Å². The number of nitrogens with zero attached hydrogens (tertiary/aromatic N) is 3. The predicted octanol–water partition coefficient (Wildman–Crippen LogP) is 4.91. The number of halogens is 1. The zero-order valence-electron chi connectivity index (χ0n) is 20.6. The Labute approximate surface area is 219 Å². The molecule has 0 bridgehead atoms. The molecule has 1 amide bonds. The molecule has 3 aromatic rings. The fraction of sp³-hybridized carbons (Fsp3) is 0.308. The molecule has 0 spiro atoms. The summed E-state index contributed by atoms with van der Waals surface area (Å²) in [5, 5.41) is 6.92. The molecule has 2 N–H and O–H groups in total. The van der Waals surface area contributed by atoms with Crippen LogP contribution in [0.5, 0.6) is 5.75 Å². The summed E-state index contributed by atoms with van der Waals surface area (Å²) in [7, 11) is 3.41. The summed E-state index contributed by atoms with van der Waals surface area (Å²) in [6.45, 7) is 3.13. The molecule has 3 rings (SSSR count). The van der Waals surface area contributed by atoms with Gasteiger partial charge in [-0.3, -0.25) is 14.5 Å². The third-order valence-electron chi connectivity index (χ3n) is 5.19. The zero-order chi connectivity index (χ0) is 25.9. The van der Waals surface area contributed by atoms with E-state index in [0.717, 1.165) is 28.5 Å². The van der Waals surface area contributed by atoms with Crippen LogP contribution in [-0.4, -0.2) is 60.6 Å². The number of ether oxygens (including phenoxy) is 2. The van der Waals surface area contributed by atoms with Crippen LogP contribution in [0.4, 0.5) is 17.2 Å². The normalized spacial score (nSPS) is 11.1. The standard InChI is InChI=1S/C26H30BrN5O4/c1-4-36-25(34)16-32(2)12-7-5-6-11-24(33)31-22-14-20-21(15-23(22)35-3)28-17-29-26(20)30-19-10-8-9-18(27)13-19/h6,8-11,13-15,17H,4-5,7,12,16H2,1-3H3,(H,31,33)(H,28,29,30). The maximum atomic E-state index is 12.6. The lowest BCUT2D eigenvalue weighted by Gasteiger charge is -2.14. The van der Waals surface area contributed by atoms with E-state index in [2.05, 4.69) is 36.5 Å². The van der Waals surface area contributed by atoms with Crippen molar-refractivity contribution in [2.24, 2.45) is 0 Å². The number of esters is 1. The number of likely N-dealkylation sites (N-methyl/N-ethyl adjacent to an activating group) is 1. The van der Waals surface area contributed by atoms with Crippen molar-refractivity contribution in [3.05, 3.63) is 59.4 Å². The minimum absolute atomic E-state index is 0.236. The Morgan fingerprint density at radius 3 is 2.78 bits per heavy atom. The van der Waals surface area contributed by atoms with Gasteiger partial charge in [-0.25, -0.2) is 9.97 Å². The zero-order valence-corrected chi connectivity index (χ0v) is 22.2. The average Bonchev–Trinajstić information content (AvgIpc) is 2.84. The molecule has 9 nitrogen and oxygen atoms in total. The number of allylic oxidation sites excluding steroid dienone is 1. The monoisotopic (exact) mass is 555 g/mol. The number of amides is 1. The van der Waals surface area contributed by atoms with Gasteiger partial charge in [-0.15, -0.1) is 0 Å². The van der Waals surface area contributed by atoms with E-state index in [-0.39, 0.29) is 18.4 Å². The van der Waals surface area contributed by atoms with Crippen LogP contribution in [0.15, 0.2) is 59.4 Å². The number of benzene rings is 2. The summed E-state index contributed by atoms with van der Waals surface area (Å²) >= 11 is 3.47. The van der Waals surface area contributed by atoms with Crippen molar-refractivity contribution in [2.75, 3.05) is 44.5 Å². The van der Waals surface area contributed by atoms with Crippen molar-refractivity contribution < 1.29 is 19.1 Å². The first kappa shape index (κ1) is 27.1. The van der Waals surface area contributed by atoms with Gasteiger partial charge in [-0.05, 0) is 63.7 Å². The molecule has 0 saturated carbocycles. The summed E-state index contributed by atoms with van der Waals surface area (Å²) < 4.78 is 11.4. The summed E-state index contributed by atoms with van der Waals surface area (Å²) in [6.07, 6.45) is 6.29. The highest BCUT2D eigenvalue weighted by atomic mass is 79.9. The van der Waals surface area contributed by atoms with Gasteiger partial charge in [0.2, 0.25) is 5.91 Å². The number of carbonyl (C=O) groups is 2. The minimum Gasteiger partial charge on any atom is -0.494 e. The molecular weight excluding hydrogens is 526 g/mol. The SMILES string of the molecule is CCOC(=O)CN(C)CCCC=CC(=O)Nc1cc2c(Nc3cccc(Br)c3)ncnc2cc1OC. The number of anilines is 3. The van der Waals surface area contributed by atoms with E-state index < -0.39 is 0 Å². The van der Waals surface area contributed by atoms with Crippen molar-refractivity contribution in [3.8, 4) is 5.75 Å². The van der Waals surface area contributed by atoms with Gasteiger partial charge in [0.25, 0.3) is 0 Å². The number of fused-ring (bicyclic) bond motifs is 1. The van der Waals surface area contributed by atoms with Crippen LogP contribution < -0.4 is 15.4 Å². The van der Waals surface area contributed by atoms with E-state index in [1.54, 1.807) is 26.2 Å². The molecule has 0 radical (unpaired) electrons. The number of unbranched alkanes of at least 4 members (excludes halogenated alkanes) is 1.